The van der Waals surface area contributed by atoms with Crippen LogP contribution in [0, 0.1) is 0 Å². The molecule has 0 aliphatic carbocycles. The summed E-state index contributed by atoms with van der Waals surface area (Å²) >= 11 is 0. The maximum Gasteiger partial charge on any atom is 0.274 e. The number of morpholine rings is 1. The Hall–Kier alpha value is -1.44. The lowest BCUT2D eigenvalue weighted by Gasteiger charge is -2.31. The minimum atomic E-state index is 0.0292. The number of carbonyl (C=O) groups excluding carboxylic acids is 1. The van der Waals surface area contributed by atoms with E-state index in [-0.39, 0.29) is 5.91 Å². The first kappa shape index (κ1) is 14.5. The van der Waals surface area contributed by atoms with Crippen LogP contribution in [0.25, 0.3) is 0 Å². The van der Waals surface area contributed by atoms with Crippen LogP contribution in [0.3, 0.4) is 0 Å². The summed E-state index contributed by atoms with van der Waals surface area (Å²) in [5.41, 5.74) is 6.03. The van der Waals surface area contributed by atoms with Crippen molar-refractivity contribution in [2.24, 2.45) is 5.73 Å². The van der Waals surface area contributed by atoms with Crippen LogP contribution in [0.5, 0.6) is 0 Å². The van der Waals surface area contributed by atoms with Crippen LogP contribution in [-0.4, -0.2) is 77.2 Å². The van der Waals surface area contributed by atoms with Crippen molar-refractivity contribution in [1.82, 2.24) is 19.4 Å². The van der Waals surface area contributed by atoms with Crippen LogP contribution in [-0.2, 0) is 11.3 Å². The number of likely N-dealkylation sites (tertiary alicyclic amines) is 1. The van der Waals surface area contributed by atoms with Crippen molar-refractivity contribution in [3.8, 4) is 0 Å². The van der Waals surface area contributed by atoms with E-state index in [1.165, 1.54) is 0 Å². The van der Waals surface area contributed by atoms with Gasteiger partial charge in [0.1, 0.15) is 5.69 Å². The summed E-state index contributed by atoms with van der Waals surface area (Å²) in [6, 6.07) is 0.462. The second-order valence-electron chi connectivity index (χ2n) is 5.63. The number of nitrogens with two attached hydrogens (primary N) is 1. The van der Waals surface area contributed by atoms with Gasteiger partial charge in [0.2, 0.25) is 0 Å². The molecule has 1 aromatic heterocycles. The highest BCUT2D eigenvalue weighted by Crippen LogP contribution is 2.18. The van der Waals surface area contributed by atoms with Crippen LogP contribution < -0.4 is 5.73 Å². The molecule has 1 atom stereocenters. The summed E-state index contributed by atoms with van der Waals surface area (Å²) < 4.78 is 7.25. The molecule has 2 saturated heterocycles. The maximum atomic E-state index is 12.5. The zero-order valence-corrected chi connectivity index (χ0v) is 12.3. The van der Waals surface area contributed by atoms with Crippen LogP contribution >= 0.6 is 0 Å². The molecule has 2 aliphatic heterocycles. The number of carbonyl (C=O) groups is 1. The molecule has 1 unspecified atom stereocenters. The second-order valence-corrected chi connectivity index (χ2v) is 5.63. The number of aromatic nitrogens is 2. The molecule has 3 heterocycles. The Morgan fingerprint density at radius 1 is 1.38 bits per heavy atom. The first-order chi connectivity index (χ1) is 10.3. The fourth-order valence-corrected chi connectivity index (χ4v) is 3.07. The van der Waals surface area contributed by atoms with E-state index < -0.39 is 0 Å². The number of imidazole rings is 1. The molecule has 1 amide bonds. The Kier molecular flexibility index (Phi) is 4.52. The molecule has 7 nitrogen and oxygen atoms in total. The molecule has 0 radical (unpaired) electrons. The lowest BCUT2D eigenvalue weighted by molar-refractivity contribution is 0.0185. The Balaban J connectivity index is 1.58. The van der Waals surface area contributed by atoms with E-state index in [4.69, 9.17) is 10.5 Å². The molecule has 0 aromatic carbocycles. The van der Waals surface area contributed by atoms with Crippen molar-refractivity contribution in [3.63, 3.8) is 0 Å². The number of hydrogen-bond donors (Lipinski definition) is 1. The van der Waals surface area contributed by atoms with Gasteiger partial charge in [-0.25, -0.2) is 4.98 Å². The van der Waals surface area contributed by atoms with Gasteiger partial charge in [0.15, 0.2) is 0 Å². The van der Waals surface area contributed by atoms with E-state index in [9.17, 15) is 4.79 Å². The van der Waals surface area contributed by atoms with Gasteiger partial charge in [-0.05, 0) is 6.42 Å². The summed E-state index contributed by atoms with van der Waals surface area (Å²) in [7, 11) is 0. The van der Waals surface area contributed by atoms with Gasteiger partial charge in [0.25, 0.3) is 5.91 Å². The molecule has 21 heavy (non-hydrogen) atoms. The minimum absolute atomic E-state index is 0.0292. The zero-order valence-electron chi connectivity index (χ0n) is 12.3. The number of ether oxygens (including phenoxy) is 1. The molecule has 0 bridgehead atoms. The van der Waals surface area contributed by atoms with E-state index in [1.54, 1.807) is 12.5 Å². The van der Waals surface area contributed by atoms with Crippen LogP contribution in [0.1, 0.15) is 16.9 Å². The third-order valence-electron chi connectivity index (χ3n) is 4.25. The molecule has 116 valence electrons. The normalized spacial score (nSPS) is 23.7. The quantitative estimate of drug-likeness (QED) is 0.801. The Morgan fingerprint density at radius 3 is 2.95 bits per heavy atom. The summed E-state index contributed by atoms with van der Waals surface area (Å²) in [5.74, 6) is 0.0292. The molecule has 3 rings (SSSR count). The zero-order chi connectivity index (χ0) is 14.7. The average molecular weight is 293 g/mol. The topological polar surface area (TPSA) is 76.6 Å². The molecule has 7 heteroatoms. The van der Waals surface area contributed by atoms with Crippen molar-refractivity contribution in [2.75, 3.05) is 45.9 Å². The first-order valence-corrected chi connectivity index (χ1v) is 7.61. The lowest BCUT2D eigenvalue weighted by Crippen LogP contribution is -2.45. The molecule has 2 aliphatic rings. The van der Waals surface area contributed by atoms with Crippen molar-refractivity contribution in [3.05, 3.63) is 18.2 Å². The van der Waals surface area contributed by atoms with E-state index in [2.05, 4.69) is 9.88 Å². The highest BCUT2D eigenvalue weighted by atomic mass is 16.5. The SMILES string of the molecule is NCCn1cnc(C(=O)N2CCC(N3CCOCC3)C2)c1. The number of nitrogens with zero attached hydrogens (tertiary/aromatic N) is 4. The predicted molar refractivity (Wildman–Crippen MR) is 78.0 cm³/mol. The number of rotatable bonds is 4. The monoisotopic (exact) mass is 293 g/mol. The Morgan fingerprint density at radius 2 is 2.19 bits per heavy atom. The molecular weight excluding hydrogens is 270 g/mol. The summed E-state index contributed by atoms with van der Waals surface area (Å²) in [4.78, 5) is 21.0. The molecule has 0 spiro atoms. The third-order valence-corrected chi connectivity index (χ3v) is 4.25. The van der Waals surface area contributed by atoms with Crippen molar-refractivity contribution < 1.29 is 9.53 Å². The van der Waals surface area contributed by atoms with Gasteiger partial charge < -0.3 is 19.9 Å². The summed E-state index contributed by atoms with van der Waals surface area (Å²) in [5, 5.41) is 0. The molecule has 2 fully saturated rings. The molecule has 1 aromatic rings. The highest BCUT2D eigenvalue weighted by molar-refractivity contribution is 5.92. The second kappa shape index (κ2) is 6.55. The summed E-state index contributed by atoms with van der Waals surface area (Å²) in [6.07, 6.45) is 4.50. The number of amides is 1. The fourth-order valence-electron chi connectivity index (χ4n) is 3.07. The van der Waals surface area contributed by atoms with E-state index in [1.807, 2.05) is 9.47 Å². The van der Waals surface area contributed by atoms with E-state index >= 15 is 0 Å². The molecule has 0 saturated carbocycles. The van der Waals surface area contributed by atoms with Crippen molar-refractivity contribution in [1.29, 1.82) is 0 Å². The van der Waals surface area contributed by atoms with E-state index in [0.717, 1.165) is 45.8 Å². The largest absolute Gasteiger partial charge is 0.379 e. The minimum Gasteiger partial charge on any atom is -0.379 e. The van der Waals surface area contributed by atoms with Gasteiger partial charge in [0, 0.05) is 51.5 Å². The van der Waals surface area contributed by atoms with Crippen molar-refractivity contribution in [2.45, 2.75) is 19.0 Å². The molecular formula is C14H23N5O2. The molecule has 2 N–H and O–H groups in total. The smallest absolute Gasteiger partial charge is 0.274 e. The third kappa shape index (κ3) is 3.25. The van der Waals surface area contributed by atoms with E-state index in [0.29, 0.717) is 24.8 Å². The van der Waals surface area contributed by atoms with Gasteiger partial charge in [0.05, 0.1) is 19.5 Å². The maximum absolute atomic E-state index is 12.5. The van der Waals surface area contributed by atoms with Gasteiger partial charge in [-0.15, -0.1) is 0 Å². The fraction of sp³-hybridized carbons (Fsp3) is 0.714. The highest BCUT2D eigenvalue weighted by Gasteiger charge is 2.32. The van der Waals surface area contributed by atoms with Gasteiger partial charge in [-0.1, -0.05) is 0 Å². The Labute approximate surface area is 124 Å². The van der Waals surface area contributed by atoms with Gasteiger partial charge in [-0.2, -0.15) is 0 Å². The van der Waals surface area contributed by atoms with Gasteiger partial charge in [-0.3, -0.25) is 9.69 Å². The first-order valence-electron chi connectivity index (χ1n) is 7.61. The lowest BCUT2D eigenvalue weighted by atomic mass is 10.2. The van der Waals surface area contributed by atoms with Crippen LogP contribution in [0.2, 0.25) is 0 Å². The number of hydrogen-bond acceptors (Lipinski definition) is 5. The Bertz CT molecular complexity index is 483. The summed E-state index contributed by atoms with van der Waals surface area (Å²) in [6.45, 7) is 6.38. The average Bonchev–Trinajstić information content (AvgIpc) is 3.17. The standard InChI is InChI=1S/C14H23N5O2/c15-2-4-17-10-13(16-11-17)14(20)19-3-1-12(9-19)18-5-7-21-8-6-18/h10-12H,1-9,15H2. The predicted octanol–water partition coefficient (Wildman–Crippen LogP) is -0.611. The van der Waals surface area contributed by atoms with Crippen molar-refractivity contribution >= 4 is 5.91 Å². The van der Waals surface area contributed by atoms with Crippen LogP contribution in [0.4, 0.5) is 0 Å². The van der Waals surface area contributed by atoms with Crippen LogP contribution in [0.15, 0.2) is 12.5 Å². The van der Waals surface area contributed by atoms with Gasteiger partial charge >= 0.3 is 0 Å².